The van der Waals surface area contributed by atoms with Crippen LogP contribution in [0.3, 0.4) is 0 Å². The molecule has 11 heavy (non-hydrogen) atoms. The molecule has 0 spiro atoms. The van der Waals surface area contributed by atoms with E-state index < -0.39 is 0 Å². The van der Waals surface area contributed by atoms with Crippen LogP contribution in [0.1, 0.15) is 26.1 Å². The summed E-state index contributed by atoms with van der Waals surface area (Å²) in [7, 11) is 0. The van der Waals surface area contributed by atoms with E-state index in [4.69, 9.17) is 0 Å². The molecule has 0 radical (unpaired) electrons. The van der Waals surface area contributed by atoms with Gasteiger partial charge >= 0.3 is 0 Å². The predicted molar refractivity (Wildman–Crippen MR) is 44.2 cm³/mol. The molecule has 1 rings (SSSR count). The van der Waals surface area contributed by atoms with Crippen molar-refractivity contribution >= 4 is 0 Å². The fraction of sp³-hybridized carbons (Fsp3) is 0.750. The van der Waals surface area contributed by atoms with Crippen LogP contribution < -0.4 is 0 Å². The molecule has 1 aromatic rings. The Morgan fingerprint density at radius 1 is 1.55 bits per heavy atom. The van der Waals surface area contributed by atoms with Gasteiger partial charge in [-0.15, -0.1) is 0 Å². The van der Waals surface area contributed by atoms with Gasteiger partial charge in [0.2, 0.25) is 0 Å². The normalized spacial score (nSPS) is 10.9. The van der Waals surface area contributed by atoms with Crippen molar-refractivity contribution in [2.45, 2.75) is 33.7 Å². The molecule has 0 aromatic carbocycles. The molecule has 0 atom stereocenters. The Kier molecular flexibility index (Phi) is 2.63. The van der Waals surface area contributed by atoms with Gasteiger partial charge in [-0.2, -0.15) is 5.10 Å². The molecule has 0 N–H and O–H groups in total. The molecule has 0 saturated heterocycles. The van der Waals surface area contributed by atoms with Gasteiger partial charge in [-0.05, 0) is 19.3 Å². The fourth-order valence-electron chi connectivity index (χ4n) is 0.922. The zero-order chi connectivity index (χ0) is 8.27. The minimum Gasteiger partial charge on any atom is -0.250 e. The van der Waals surface area contributed by atoms with Crippen molar-refractivity contribution < 1.29 is 0 Å². The molecule has 0 unspecified atom stereocenters. The Balaban J connectivity index is 2.44. The van der Waals surface area contributed by atoms with Crippen molar-refractivity contribution in [3.8, 4) is 0 Å². The maximum Gasteiger partial charge on any atom is 0.138 e. The molecule has 0 bridgehead atoms. The highest BCUT2D eigenvalue weighted by molar-refractivity contribution is 4.77. The van der Waals surface area contributed by atoms with Gasteiger partial charge < -0.3 is 0 Å². The maximum absolute atomic E-state index is 4.09. The molecular formula is C8H15N3. The second-order valence-corrected chi connectivity index (χ2v) is 3.21. The van der Waals surface area contributed by atoms with Crippen molar-refractivity contribution in [2.75, 3.05) is 0 Å². The molecule has 0 aliphatic rings. The molecule has 1 heterocycles. The second kappa shape index (κ2) is 3.51. The summed E-state index contributed by atoms with van der Waals surface area (Å²) in [6.07, 6.45) is 2.78. The second-order valence-electron chi connectivity index (χ2n) is 3.21. The van der Waals surface area contributed by atoms with Crippen LogP contribution in [0, 0.1) is 12.8 Å². The molecule has 0 fully saturated rings. The molecule has 0 amide bonds. The fourth-order valence-corrected chi connectivity index (χ4v) is 0.922. The van der Waals surface area contributed by atoms with Crippen molar-refractivity contribution in [3.05, 3.63) is 12.2 Å². The third-order valence-electron chi connectivity index (χ3n) is 1.73. The summed E-state index contributed by atoms with van der Waals surface area (Å²) in [4.78, 5) is 4.05. The number of hydrogen-bond donors (Lipinski definition) is 0. The summed E-state index contributed by atoms with van der Waals surface area (Å²) in [6.45, 7) is 7.40. The van der Waals surface area contributed by atoms with Gasteiger partial charge in [0.1, 0.15) is 12.2 Å². The number of hydrogen-bond acceptors (Lipinski definition) is 2. The van der Waals surface area contributed by atoms with Gasteiger partial charge in [0.25, 0.3) is 0 Å². The van der Waals surface area contributed by atoms with Gasteiger partial charge in [0, 0.05) is 6.54 Å². The van der Waals surface area contributed by atoms with E-state index in [-0.39, 0.29) is 0 Å². The Labute approximate surface area is 67.4 Å². The zero-order valence-corrected chi connectivity index (χ0v) is 7.41. The van der Waals surface area contributed by atoms with E-state index in [9.17, 15) is 0 Å². The van der Waals surface area contributed by atoms with Crippen LogP contribution in [0.25, 0.3) is 0 Å². The number of aromatic nitrogens is 3. The van der Waals surface area contributed by atoms with E-state index >= 15 is 0 Å². The summed E-state index contributed by atoms with van der Waals surface area (Å²) >= 11 is 0. The minimum atomic E-state index is 0.735. The van der Waals surface area contributed by atoms with Crippen molar-refractivity contribution in [1.29, 1.82) is 0 Å². The van der Waals surface area contributed by atoms with Crippen molar-refractivity contribution in [3.63, 3.8) is 0 Å². The van der Waals surface area contributed by atoms with Gasteiger partial charge in [-0.25, -0.2) is 4.98 Å². The monoisotopic (exact) mass is 153 g/mol. The average Bonchev–Trinajstić information content (AvgIpc) is 2.31. The summed E-state index contributed by atoms with van der Waals surface area (Å²) in [5, 5.41) is 4.09. The molecule has 3 nitrogen and oxygen atoms in total. The number of aryl methyl sites for hydroxylation is 2. The first-order valence-corrected chi connectivity index (χ1v) is 4.04. The van der Waals surface area contributed by atoms with Gasteiger partial charge in [-0.3, -0.25) is 4.68 Å². The van der Waals surface area contributed by atoms with E-state index in [0.717, 1.165) is 18.3 Å². The van der Waals surface area contributed by atoms with Crippen molar-refractivity contribution in [2.24, 2.45) is 5.92 Å². The maximum atomic E-state index is 4.09. The van der Waals surface area contributed by atoms with Crippen LogP contribution in [-0.2, 0) is 6.54 Å². The highest BCUT2D eigenvalue weighted by Crippen LogP contribution is 2.02. The van der Waals surface area contributed by atoms with E-state index in [1.807, 2.05) is 11.6 Å². The SMILES string of the molecule is Cc1ncnn1CCC(C)C. The van der Waals surface area contributed by atoms with Crippen LogP contribution in [0.5, 0.6) is 0 Å². The lowest BCUT2D eigenvalue weighted by Gasteiger charge is -2.04. The van der Waals surface area contributed by atoms with Crippen LogP contribution in [0.4, 0.5) is 0 Å². The summed E-state index contributed by atoms with van der Waals surface area (Å²) in [5.74, 6) is 1.74. The van der Waals surface area contributed by atoms with Crippen LogP contribution in [0.15, 0.2) is 6.33 Å². The molecule has 0 aliphatic carbocycles. The molecule has 62 valence electrons. The third kappa shape index (κ3) is 2.33. The van der Waals surface area contributed by atoms with Crippen LogP contribution in [0.2, 0.25) is 0 Å². The summed E-state index contributed by atoms with van der Waals surface area (Å²) < 4.78 is 1.94. The highest BCUT2D eigenvalue weighted by atomic mass is 15.3. The summed E-state index contributed by atoms with van der Waals surface area (Å²) in [5.41, 5.74) is 0. The van der Waals surface area contributed by atoms with Gasteiger partial charge in [0.05, 0.1) is 0 Å². The molecule has 0 aliphatic heterocycles. The standard InChI is InChI=1S/C8H15N3/c1-7(2)4-5-11-8(3)9-6-10-11/h6-7H,4-5H2,1-3H3. The summed E-state index contributed by atoms with van der Waals surface area (Å²) in [6, 6.07) is 0. The number of nitrogens with zero attached hydrogens (tertiary/aromatic N) is 3. The quantitative estimate of drug-likeness (QED) is 0.660. The molecular weight excluding hydrogens is 138 g/mol. The lowest BCUT2D eigenvalue weighted by Crippen LogP contribution is -2.04. The van der Waals surface area contributed by atoms with E-state index in [1.54, 1.807) is 6.33 Å². The molecule has 3 heteroatoms. The molecule has 1 aromatic heterocycles. The van der Waals surface area contributed by atoms with Crippen LogP contribution in [-0.4, -0.2) is 14.8 Å². The lowest BCUT2D eigenvalue weighted by molar-refractivity contribution is 0.479. The third-order valence-corrected chi connectivity index (χ3v) is 1.73. The Bertz CT molecular complexity index is 215. The lowest BCUT2D eigenvalue weighted by atomic mass is 10.1. The van der Waals surface area contributed by atoms with E-state index in [0.29, 0.717) is 0 Å². The first-order valence-electron chi connectivity index (χ1n) is 4.04. The van der Waals surface area contributed by atoms with E-state index in [2.05, 4.69) is 23.9 Å². The zero-order valence-electron chi connectivity index (χ0n) is 7.41. The number of rotatable bonds is 3. The van der Waals surface area contributed by atoms with E-state index in [1.165, 1.54) is 6.42 Å². The van der Waals surface area contributed by atoms with Crippen molar-refractivity contribution in [1.82, 2.24) is 14.8 Å². The first-order chi connectivity index (χ1) is 5.20. The Morgan fingerprint density at radius 3 is 2.73 bits per heavy atom. The van der Waals surface area contributed by atoms with Crippen LogP contribution >= 0.6 is 0 Å². The Hall–Kier alpha value is -0.860. The highest BCUT2D eigenvalue weighted by Gasteiger charge is 1.99. The topological polar surface area (TPSA) is 30.7 Å². The first kappa shape index (κ1) is 8.24. The Morgan fingerprint density at radius 2 is 2.27 bits per heavy atom. The largest absolute Gasteiger partial charge is 0.250 e. The average molecular weight is 153 g/mol. The molecule has 0 saturated carbocycles. The smallest absolute Gasteiger partial charge is 0.138 e. The predicted octanol–water partition coefficient (Wildman–Crippen LogP) is 1.63. The van der Waals surface area contributed by atoms with Gasteiger partial charge in [-0.1, -0.05) is 13.8 Å². The minimum absolute atomic E-state index is 0.735. The van der Waals surface area contributed by atoms with Gasteiger partial charge in [0.15, 0.2) is 0 Å².